The normalized spacial score (nSPS) is 22.3. The topological polar surface area (TPSA) is 80.2 Å². The number of ketones is 1. The van der Waals surface area contributed by atoms with E-state index < -0.39 is 5.95 Å². The quantitative estimate of drug-likeness (QED) is 0.648. The maximum Gasteiger partial charge on any atom is 0.255 e. The number of nitrogens with zero attached hydrogens (tertiary/aromatic N) is 4. The van der Waals surface area contributed by atoms with Gasteiger partial charge in [0.1, 0.15) is 5.78 Å². The van der Waals surface area contributed by atoms with E-state index in [0.29, 0.717) is 40.5 Å². The molecule has 0 amide bonds. The number of pyridine rings is 1. The van der Waals surface area contributed by atoms with Gasteiger partial charge in [-0.25, -0.2) is 9.97 Å². The summed E-state index contributed by atoms with van der Waals surface area (Å²) >= 11 is 6.39. The summed E-state index contributed by atoms with van der Waals surface area (Å²) in [5, 5.41) is 3.47. The number of Topliss-reactive ketones (excluding diaryl/α,β-unsaturated/α-hetero) is 1. The summed E-state index contributed by atoms with van der Waals surface area (Å²) in [6.07, 6.45) is 6.90. The average Bonchev–Trinajstić information content (AvgIpc) is 2.82. The summed E-state index contributed by atoms with van der Waals surface area (Å²) in [7, 11) is 2.06. The highest BCUT2D eigenvalue weighted by molar-refractivity contribution is 6.33. The lowest BCUT2D eigenvalue weighted by Gasteiger charge is -2.34. The molecule has 178 valence electrons. The molecule has 2 saturated heterocycles. The number of likely N-dealkylation sites (tertiary alicyclic amines) is 1. The van der Waals surface area contributed by atoms with Gasteiger partial charge >= 0.3 is 0 Å². The van der Waals surface area contributed by atoms with Crippen LogP contribution in [-0.2, 0) is 16.0 Å². The molecule has 33 heavy (non-hydrogen) atoms. The summed E-state index contributed by atoms with van der Waals surface area (Å²) < 4.78 is 19.7. The van der Waals surface area contributed by atoms with Gasteiger partial charge in [0, 0.05) is 62.1 Å². The van der Waals surface area contributed by atoms with E-state index in [-0.39, 0.29) is 23.9 Å². The minimum atomic E-state index is -0.651. The highest BCUT2D eigenvalue weighted by atomic mass is 35.5. The number of nitrogens with one attached hydrogen (secondary N) is 1. The lowest BCUT2D eigenvalue weighted by Crippen LogP contribution is -2.41. The molecule has 2 aliphatic rings. The van der Waals surface area contributed by atoms with Crippen LogP contribution in [0, 0.1) is 17.8 Å². The van der Waals surface area contributed by atoms with Gasteiger partial charge in [-0.2, -0.15) is 4.39 Å². The van der Waals surface area contributed by atoms with Crippen molar-refractivity contribution in [2.75, 3.05) is 38.7 Å². The molecule has 0 spiro atoms. The van der Waals surface area contributed by atoms with E-state index >= 15 is 0 Å². The van der Waals surface area contributed by atoms with Crippen LogP contribution in [0.4, 0.5) is 10.2 Å². The van der Waals surface area contributed by atoms with Crippen molar-refractivity contribution in [2.45, 2.75) is 45.1 Å². The Kier molecular flexibility index (Phi) is 7.88. The van der Waals surface area contributed by atoms with Gasteiger partial charge in [-0.15, -0.1) is 0 Å². The third-order valence-corrected chi connectivity index (χ3v) is 7.12. The van der Waals surface area contributed by atoms with Crippen molar-refractivity contribution < 1.29 is 13.9 Å². The Bertz CT molecular complexity index is 985. The molecule has 2 fully saturated rings. The van der Waals surface area contributed by atoms with Gasteiger partial charge in [0.2, 0.25) is 0 Å². The van der Waals surface area contributed by atoms with Crippen molar-refractivity contribution in [1.29, 1.82) is 0 Å². The van der Waals surface area contributed by atoms with Gasteiger partial charge in [-0.05, 0) is 51.6 Å². The molecule has 4 heterocycles. The summed E-state index contributed by atoms with van der Waals surface area (Å²) in [6, 6.07) is 2.26. The fourth-order valence-electron chi connectivity index (χ4n) is 4.45. The van der Waals surface area contributed by atoms with Crippen LogP contribution in [-0.4, -0.2) is 65.0 Å². The van der Waals surface area contributed by atoms with Crippen molar-refractivity contribution in [3.05, 3.63) is 35.1 Å². The number of anilines is 1. The Balaban J connectivity index is 1.47. The molecule has 7 nitrogen and oxygen atoms in total. The molecule has 9 heteroatoms. The molecule has 0 aliphatic carbocycles. The van der Waals surface area contributed by atoms with Crippen LogP contribution in [0.15, 0.2) is 18.5 Å². The first-order valence-corrected chi connectivity index (χ1v) is 12.0. The first kappa shape index (κ1) is 24.0. The number of hydrogen-bond donors (Lipinski definition) is 1. The summed E-state index contributed by atoms with van der Waals surface area (Å²) in [6.45, 7) is 5.02. The maximum absolute atomic E-state index is 14.3. The molecule has 4 rings (SSSR count). The lowest BCUT2D eigenvalue weighted by molar-refractivity contribution is -0.124. The van der Waals surface area contributed by atoms with E-state index in [1.165, 1.54) is 12.4 Å². The third-order valence-electron chi connectivity index (χ3n) is 6.82. The minimum absolute atomic E-state index is 0.0127. The van der Waals surface area contributed by atoms with Gasteiger partial charge in [-0.1, -0.05) is 11.6 Å². The lowest BCUT2D eigenvalue weighted by atomic mass is 9.88. The average molecular weight is 476 g/mol. The van der Waals surface area contributed by atoms with Crippen molar-refractivity contribution in [2.24, 2.45) is 11.8 Å². The molecule has 0 unspecified atom stereocenters. The monoisotopic (exact) mass is 475 g/mol. The highest BCUT2D eigenvalue weighted by Gasteiger charge is 2.28. The molecule has 0 saturated carbocycles. The number of rotatable bonds is 7. The van der Waals surface area contributed by atoms with Crippen LogP contribution in [0.3, 0.4) is 0 Å². The summed E-state index contributed by atoms with van der Waals surface area (Å²) in [4.78, 5) is 27.8. The van der Waals surface area contributed by atoms with Gasteiger partial charge in [0.05, 0.1) is 16.9 Å². The third kappa shape index (κ3) is 6.05. The summed E-state index contributed by atoms with van der Waals surface area (Å²) in [5.74, 6) is 0.0516. The van der Waals surface area contributed by atoms with Crippen molar-refractivity contribution >= 4 is 23.2 Å². The second kappa shape index (κ2) is 10.8. The van der Waals surface area contributed by atoms with Crippen molar-refractivity contribution in [3.63, 3.8) is 0 Å². The van der Waals surface area contributed by atoms with Gasteiger partial charge in [0.15, 0.2) is 5.82 Å². The van der Waals surface area contributed by atoms with Crippen LogP contribution < -0.4 is 5.32 Å². The SMILES string of the molecule is C[C@H]1CC[C@H](C(=O)Cc2cc(-c3cnc(F)c(NCC4CCOCC4)n3)c(Cl)cn2)CN1C. The molecule has 1 N–H and O–H groups in total. The molecular formula is C24H31ClFN5O2. The number of halogens is 2. The van der Waals surface area contributed by atoms with E-state index in [1.807, 2.05) is 0 Å². The van der Waals surface area contributed by atoms with E-state index in [1.54, 1.807) is 6.07 Å². The fraction of sp³-hybridized carbons (Fsp3) is 0.583. The van der Waals surface area contributed by atoms with Crippen LogP contribution in [0.2, 0.25) is 5.02 Å². The Hall–Kier alpha value is -2.16. The zero-order valence-corrected chi connectivity index (χ0v) is 19.9. The number of piperidine rings is 1. The molecule has 2 aliphatic heterocycles. The zero-order valence-electron chi connectivity index (χ0n) is 19.2. The highest BCUT2D eigenvalue weighted by Crippen LogP contribution is 2.29. The fourth-order valence-corrected chi connectivity index (χ4v) is 4.65. The molecule has 2 aromatic rings. The molecular weight excluding hydrogens is 445 g/mol. The maximum atomic E-state index is 14.3. The van der Waals surface area contributed by atoms with Crippen molar-refractivity contribution in [1.82, 2.24) is 19.9 Å². The Labute approximate surface area is 199 Å². The van der Waals surface area contributed by atoms with Crippen LogP contribution in [0.1, 0.15) is 38.3 Å². The predicted molar refractivity (Wildman–Crippen MR) is 126 cm³/mol. The van der Waals surface area contributed by atoms with Gasteiger partial charge in [0.25, 0.3) is 5.95 Å². The smallest absolute Gasteiger partial charge is 0.255 e. The summed E-state index contributed by atoms with van der Waals surface area (Å²) in [5.41, 5.74) is 1.66. The predicted octanol–water partition coefficient (Wildman–Crippen LogP) is 4.01. The van der Waals surface area contributed by atoms with Crippen LogP contribution in [0.25, 0.3) is 11.3 Å². The number of carbonyl (C=O) groups is 1. The number of carbonyl (C=O) groups excluding carboxylic acids is 1. The van der Waals surface area contributed by atoms with Gasteiger partial charge < -0.3 is 15.0 Å². The second-order valence-corrected chi connectivity index (χ2v) is 9.60. The van der Waals surface area contributed by atoms with Crippen LogP contribution in [0.5, 0.6) is 0 Å². The first-order chi connectivity index (χ1) is 15.9. The molecule has 0 radical (unpaired) electrons. The van der Waals surface area contributed by atoms with Gasteiger partial charge in [-0.3, -0.25) is 9.78 Å². The zero-order chi connectivity index (χ0) is 23.4. The number of hydrogen-bond acceptors (Lipinski definition) is 7. The molecule has 0 bridgehead atoms. The van der Waals surface area contributed by atoms with E-state index in [4.69, 9.17) is 16.3 Å². The first-order valence-electron chi connectivity index (χ1n) is 11.6. The number of aromatic nitrogens is 3. The standard InChI is InChI=1S/C24H31ClFN5O2/c1-15-3-4-17(14-31(15)2)22(32)10-18-9-19(20(25)12-27-18)21-13-28-23(26)24(30-21)29-11-16-5-7-33-8-6-16/h9,12-13,15-17H,3-8,10-11,14H2,1-2H3,(H,29,30)/t15-,17-/m0/s1. The van der Waals surface area contributed by atoms with E-state index in [0.717, 1.165) is 45.4 Å². The minimum Gasteiger partial charge on any atom is -0.381 e. The molecule has 2 aromatic heterocycles. The Morgan fingerprint density at radius 2 is 2.03 bits per heavy atom. The largest absolute Gasteiger partial charge is 0.381 e. The molecule has 2 atom stereocenters. The van der Waals surface area contributed by atoms with E-state index in [2.05, 4.69) is 39.1 Å². The van der Waals surface area contributed by atoms with Crippen molar-refractivity contribution in [3.8, 4) is 11.3 Å². The Morgan fingerprint density at radius 1 is 1.24 bits per heavy atom. The Morgan fingerprint density at radius 3 is 2.79 bits per heavy atom. The number of ether oxygens (including phenoxy) is 1. The van der Waals surface area contributed by atoms with E-state index in [9.17, 15) is 9.18 Å². The second-order valence-electron chi connectivity index (χ2n) is 9.19. The molecule has 0 aromatic carbocycles. The van der Waals surface area contributed by atoms with Crippen LogP contribution >= 0.6 is 11.6 Å².